The van der Waals surface area contributed by atoms with E-state index in [1.165, 1.54) is 32.1 Å². The van der Waals surface area contributed by atoms with Crippen LogP contribution in [0.3, 0.4) is 0 Å². The molecule has 2 bridgehead atoms. The lowest BCUT2D eigenvalue weighted by Gasteiger charge is -2.48. The third kappa shape index (κ3) is 0.400. The minimum Gasteiger partial charge on any atom is -0.0525 e. The second-order valence-corrected chi connectivity index (χ2v) is 5.25. The zero-order valence-corrected chi connectivity index (χ0v) is 7.47. The second kappa shape index (κ2) is 1.63. The van der Waals surface area contributed by atoms with Gasteiger partial charge in [-0.2, -0.15) is 0 Å². The maximum absolute atomic E-state index is 3.83. The molecule has 0 amide bonds. The average Bonchev–Trinajstić information content (AvgIpc) is 2.65. The lowest BCUT2D eigenvalue weighted by molar-refractivity contribution is 0.0358. The van der Waals surface area contributed by atoms with Crippen LogP contribution in [0.5, 0.6) is 0 Å². The predicted octanol–water partition coefficient (Wildman–Crippen LogP) is 2.87. The van der Waals surface area contributed by atoms with E-state index in [0.717, 1.165) is 17.3 Å². The summed E-state index contributed by atoms with van der Waals surface area (Å²) in [5.41, 5.74) is 1.47. The summed E-state index contributed by atoms with van der Waals surface area (Å²) in [4.78, 5) is 0. The van der Waals surface area contributed by atoms with E-state index in [1.807, 2.05) is 0 Å². The van der Waals surface area contributed by atoms with Crippen LogP contribution in [0.1, 0.15) is 38.5 Å². The third-order valence-corrected chi connectivity index (χ3v) is 5.22. The molecular formula is C12H15. The molecule has 4 saturated carbocycles. The highest BCUT2D eigenvalue weighted by Crippen LogP contribution is 2.91. The molecule has 0 aromatic rings. The monoisotopic (exact) mass is 159 g/mol. The Bertz CT molecular complexity index is 240. The van der Waals surface area contributed by atoms with Crippen LogP contribution in [-0.4, -0.2) is 0 Å². The lowest BCUT2D eigenvalue weighted by Crippen LogP contribution is -2.40. The molecule has 0 N–H and O–H groups in total. The van der Waals surface area contributed by atoms with Crippen molar-refractivity contribution in [1.29, 1.82) is 0 Å². The third-order valence-electron chi connectivity index (χ3n) is 5.22. The molecule has 4 atom stereocenters. The minimum absolute atomic E-state index is 0.670. The smallest absolute Gasteiger partial charge is 0.00940 e. The van der Waals surface area contributed by atoms with Crippen LogP contribution in [0, 0.1) is 35.5 Å². The minimum atomic E-state index is 0.670. The largest absolute Gasteiger partial charge is 0.0525 e. The lowest BCUT2D eigenvalue weighted by atomic mass is 9.56. The van der Waals surface area contributed by atoms with Crippen LogP contribution in [-0.2, 0) is 0 Å². The van der Waals surface area contributed by atoms with Crippen LogP contribution in [0.4, 0.5) is 0 Å². The summed E-state index contributed by atoms with van der Waals surface area (Å²) >= 11 is 0. The first kappa shape index (κ1) is 6.45. The second-order valence-electron chi connectivity index (χ2n) is 5.25. The van der Waals surface area contributed by atoms with Crippen LogP contribution >= 0.6 is 0 Å². The molecule has 4 rings (SSSR count). The van der Waals surface area contributed by atoms with E-state index in [1.54, 1.807) is 6.42 Å². The van der Waals surface area contributed by atoms with Crippen molar-refractivity contribution >= 4 is 0 Å². The fraction of sp³-hybridized carbons (Fsp3) is 0.833. The van der Waals surface area contributed by atoms with Gasteiger partial charge in [0, 0.05) is 0 Å². The van der Waals surface area contributed by atoms with E-state index in [-0.39, 0.29) is 0 Å². The van der Waals surface area contributed by atoms with Crippen molar-refractivity contribution in [2.24, 2.45) is 22.7 Å². The Hall–Kier alpha value is 0. The van der Waals surface area contributed by atoms with Crippen molar-refractivity contribution in [3.63, 3.8) is 0 Å². The van der Waals surface area contributed by atoms with Gasteiger partial charge in [-0.25, -0.2) is 0 Å². The number of rotatable bonds is 0. The fourth-order valence-electron chi connectivity index (χ4n) is 4.91. The zero-order valence-electron chi connectivity index (χ0n) is 7.47. The number of fused-ring (bicyclic) bond motifs is 1. The molecule has 4 fully saturated rings. The standard InChI is InChI=1S/C12H15/c1-2-7-12-9-4-3-6-11(12,8-9)10(12)5-1/h5,9-10H,1-4,6,8H2. The van der Waals surface area contributed by atoms with E-state index in [9.17, 15) is 0 Å². The van der Waals surface area contributed by atoms with Gasteiger partial charge in [-0.3, -0.25) is 0 Å². The quantitative estimate of drug-likeness (QED) is 0.510. The normalized spacial score (nSPS) is 66.0. The van der Waals surface area contributed by atoms with E-state index in [4.69, 9.17) is 0 Å². The van der Waals surface area contributed by atoms with Crippen LogP contribution in [0.25, 0.3) is 0 Å². The van der Waals surface area contributed by atoms with Gasteiger partial charge >= 0.3 is 0 Å². The summed E-state index contributed by atoms with van der Waals surface area (Å²) in [7, 11) is 0. The van der Waals surface area contributed by atoms with E-state index in [0.29, 0.717) is 5.41 Å². The van der Waals surface area contributed by atoms with Gasteiger partial charge in [-0.05, 0) is 67.6 Å². The van der Waals surface area contributed by atoms with Gasteiger partial charge in [0.15, 0.2) is 0 Å². The van der Waals surface area contributed by atoms with E-state index >= 15 is 0 Å². The molecule has 4 unspecified atom stereocenters. The van der Waals surface area contributed by atoms with Crippen LogP contribution in [0.15, 0.2) is 0 Å². The van der Waals surface area contributed by atoms with Gasteiger partial charge in [0.05, 0.1) is 0 Å². The van der Waals surface area contributed by atoms with Gasteiger partial charge < -0.3 is 0 Å². The zero-order chi connectivity index (χ0) is 7.81. The number of hydrogen-bond acceptors (Lipinski definition) is 0. The van der Waals surface area contributed by atoms with Crippen molar-refractivity contribution in [2.45, 2.75) is 38.5 Å². The summed E-state index contributed by atoms with van der Waals surface area (Å²) in [6, 6.07) is 0. The van der Waals surface area contributed by atoms with Gasteiger partial charge in [-0.15, -0.1) is 0 Å². The molecule has 0 heterocycles. The highest BCUT2D eigenvalue weighted by molar-refractivity contribution is 5.41. The Balaban J connectivity index is 1.79. The SMILES string of the molecule is [C]1CC[CH]C2C34CCCC(C3)C124. The summed E-state index contributed by atoms with van der Waals surface area (Å²) in [5.74, 6) is 2.05. The van der Waals surface area contributed by atoms with Crippen LogP contribution < -0.4 is 0 Å². The number of hydrogen-bond donors (Lipinski definition) is 0. The van der Waals surface area contributed by atoms with Gasteiger partial charge in [0.2, 0.25) is 0 Å². The summed E-state index contributed by atoms with van der Waals surface area (Å²) in [6.07, 6.45) is 15.1. The Morgan fingerprint density at radius 2 is 2.42 bits per heavy atom. The van der Waals surface area contributed by atoms with Crippen molar-refractivity contribution < 1.29 is 0 Å². The average molecular weight is 159 g/mol. The molecule has 0 aliphatic heterocycles. The molecule has 63 valence electrons. The summed E-state index contributed by atoms with van der Waals surface area (Å²) in [6.45, 7) is 0. The molecule has 0 aromatic carbocycles. The Kier molecular flexibility index (Phi) is 0.875. The molecule has 0 nitrogen and oxygen atoms in total. The molecule has 4 aliphatic rings. The van der Waals surface area contributed by atoms with Gasteiger partial charge in [0.1, 0.15) is 0 Å². The first-order chi connectivity index (χ1) is 5.90. The predicted molar refractivity (Wildman–Crippen MR) is 47.1 cm³/mol. The highest BCUT2D eigenvalue weighted by Gasteiger charge is 2.85. The maximum atomic E-state index is 3.83. The molecule has 2 spiro atoms. The summed E-state index contributed by atoms with van der Waals surface area (Å²) < 4.78 is 0. The van der Waals surface area contributed by atoms with Crippen molar-refractivity contribution in [3.05, 3.63) is 12.8 Å². The molecular weight excluding hydrogens is 144 g/mol. The van der Waals surface area contributed by atoms with Crippen molar-refractivity contribution in [2.75, 3.05) is 0 Å². The highest BCUT2D eigenvalue weighted by atomic mass is 14.9. The Labute approximate surface area is 74.7 Å². The fourth-order valence-corrected chi connectivity index (χ4v) is 4.91. The van der Waals surface area contributed by atoms with E-state index in [2.05, 4.69) is 12.8 Å². The Morgan fingerprint density at radius 3 is 3.33 bits per heavy atom. The Morgan fingerprint density at radius 1 is 1.42 bits per heavy atom. The van der Waals surface area contributed by atoms with Crippen molar-refractivity contribution in [3.8, 4) is 0 Å². The summed E-state index contributed by atoms with van der Waals surface area (Å²) in [5, 5.41) is 0. The maximum Gasteiger partial charge on any atom is -0.00940 e. The van der Waals surface area contributed by atoms with Crippen LogP contribution in [0.2, 0.25) is 0 Å². The van der Waals surface area contributed by atoms with Gasteiger partial charge in [0.25, 0.3) is 0 Å². The molecule has 4 aliphatic carbocycles. The molecule has 0 saturated heterocycles. The van der Waals surface area contributed by atoms with E-state index < -0.39 is 0 Å². The van der Waals surface area contributed by atoms with Gasteiger partial charge in [-0.1, -0.05) is 6.42 Å². The van der Waals surface area contributed by atoms with Crippen molar-refractivity contribution in [1.82, 2.24) is 0 Å². The molecule has 0 heteroatoms. The molecule has 12 heavy (non-hydrogen) atoms. The first-order valence-corrected chi connectivity index (χ1v) is 5.48. The molecule has 0 aromatic heterocycles. The first-order valence-electron chi connectivity index (χ1n) is 5.48. The topological polar surface area (TPSA) is 0 Å². The molecule has 3 radical (unpaired) electrons.